The van der Waals surface area contributed by atoms with Crippen LogP contribution in [0.25, 0.3) is 11.1 Å². The van der Waals surface area contributed by atoms with Crippen LogP contribution in [0.15, 0.2) is 54.6 Å². The summed E-state index contributed by atoms with van der Waals surface area (Å²) in [6, 6.07) is 19.3. The van der Waals surface area contributed by atoms with Gasteiger partial charge in [0.25, 0.3) is 0 Å². The van der Waals surface area contributed by atoms with E-state index in [9.17, 15) is 4.21 Å². The van der Waals surface area contributed by atoms with E-state index in [1.54, 1.807) is 6.26 Å². The van der Waals surface area contributed by atoms with Crippen molar-refractivity contribution in [3.63, 3.8) is 0 Å². The second-order valence-electron chi connectivity index (χ2n) is 4.94. The maximum absolute atomic E-state index is 11.0. The van der Waals surface area contributed by atoms with Gasteiger partial charge in [0.05, 0.1) is 0 Å². The standard InChI is InChI=1S/C17H21NOS/c1-14(18-12-13-20(2)19)15-8-10-17(11-9-15)16-6-4-3-5-7-16/h3-11,14,18H,12-13H2,1-2H3. The zero-order chi connectivity index (χ0) is 14.4. The first-order valence-electron chi connectivity index (χ1n) is 6.85. The molecule has 1 N–H and O–H groups in total. The molecule has 0 aromatic heterocycles. The van der Waals surface area contributed by atoms with Gasteiger partial charge < -0.3 is 5.32 Å². The molecule has 0 radical (unpaired) electrons. The van der Waals surface area contributed by atoms with Gasteiger partial charge in [0.2, 0.25) is 0 Å². The van der Waals surface area contributed by atoms with Gasteiger partial charge in [-0.1, -0.05) is 54.6 Å². The minimum atomic E-state index is -0.729. The Morgan fingerprint density at radius 2 is 1.60 bits per heavy atom. The molecule has 0 aliphatic heterocycles. The second-order valence-corrected chi connectivity index (χ2v) is 6.50. The molecule has 20 heavy (non-hydrogen) atoms. The van der Waals surface area contributed by atoms with Crippen LogP contribution in [0.1, 0.15) is 18.5 Å². The Labute approximate surface area is 123 Å². The van der Waals surface area contributed by atoms with Crippen molar-refractivity contribution in [2.75, 3.05) is 18.6 Å². The van der Waals surface area contributed by atoms with E-state index in [0.717, 1.165) is 6.54 Å². The molecule has 2 rings (SSSR count). The summed E-state index contributed by atoms with van der Waals surface area (Å²) in [5.74, 6) is 0.701. The Kier molecular flexibility index (Phi) is 5.50. The summed E-state index contributed by atoms with van der Waals surface area (Å²) in [5, 5.41) is 3.40. The number of benzene rings is 2. The quantitative estimate of drug-likeness (QED) is 0.882. The van der Waals surface area contributed by atoms with Gasteiger partial charge in [-0.2, -0.15) is 0 Å². The average Bonchev–Trinajstić information content (AvgIpc) is 2.48. The average molecular weight is 287 g/mol. The first-order valence-corrected chi connectivity index (χ1v) is 8.58. The third-order valence-corrected chi connectivity index (χ3v) is 4.14. The Balaban J connectivity index is 1.99. The Bertz CT molecular complexity index is 551. The summed E-state index contributed by atoms with van der Waals surface area (Å²) >= 11 is 0. The molecule has 106 valence electrons. The van der Waals surface area contributed by atoms with Gasteiger partial charge in [-0.25, -0.2) is 0 Å². The van der Waals surface area contributed by atoms with Crippen molar-refractivity contribution < 1.29 is 4.21 Å². The van der Waals surface area contributed by atoms with Gasteiger partial charge in [-0.05, 0) is 23.6 Å². The molecular weight excluding hydrogens is 266 g/mol. The lowest BCUT2D eigenvalue weighted by Gasteiger charge is -2.14. The largest absolute Gasteiger partial charge is 0.309 e. The molecule has 0 aliphatic rings. The number of rotatable bonds is 6. The molecule has 2 nitrogen and oxygen atoms in total. The highest BCUT2D eigenvalue weighted by atomic mass is 32.2. The van der Waals surface area contributed by atoms with Crippen molar-refractivity contribution >= 4 is 10.8 Å². The summed E-state index contributed by atoms with van der Waals surface area (Å²) in [6.07, 6.45) is 1.74. The molecule has 0 saturated heterocycles. The predicted octanol–water partition coefficient (Wildman–Crippen LogP) is 3.38. The van der Waals surface area contributed by atoms with E-state index < -0.39 is 10.8 Å². The Hall–Kier alpha value is -1.45. The van der Waals surface area contributed by atoms with Gasteiger partial charge >= 0.3 is 0 Å². The molecule has 0 heterocycles. The van der Waals surface area contributed by atoms with Crippen LogP contribution in [-0.2, 0) is 10.8 Å². The normalized spacial score (nSPS) is 13.9. The molecular formula is C17H21NOS. The van der Waals surface area contributed by atoms with E-state index in [1.165, 1.54) is 16.7 Å². The number of hydrogen-bond acceptors (Lipinski definition) is 2. The highest BCUT2D eigenvalue weighted by Gasteiger charge is 2.05. The van der Waals surface area contributed by atoms with Crippen molar-refractivity contribution in [1.29, 1.82) is 0 Å². The smallest absolute Gasteiger partial charge is 0.0357 e. The Morgan fingerprint density at radius 1 is 1.00 bits per heavy atom. The topological polar surface area (TPSA) is 29.1 Å². The van der Waals surface area contributed by atoms with Crippen LogP contribution in [-0.4, -0.2) is 22.8 Å². The van der Waals surface area contributed by atoms with Gasteiger partial charge in [0.15, 0.2) is 0 Å². The zero-order valence-electron chi connectivity index (χ0n) is 12.0. The molecule has 2 aromatic carbocycles. The Morgan fingerprint density at radius 3 is 2.20 bits per heavy atom. The molecule has 0 bridgehead atoms. The lowest BCUT2D eigenvalue weighted by molar-refractivity contribution is 0.597. The van der Waals surface area contributed by atoms with Gasteiger partial charge in [0, 0.05) is 35.4 Å². The molecule has 2 aromatic rings. The molecule has 0 aliphatic carbocycles. The minimum Gasteiger partial charge on any atom is -0.309 e. The fraction of sp³-hybridized carbons (Fsp3) is 0.294. The second kappa shape index (κ2) is 7.36. The van der Waals surface area contributed by atoms with Crippen molar-refractivity contribution in [3.8, 4) is 11.1 Å². The first kappa shape index (κ1) is 14.9. The van der Waals surface area contributed by atoms with E-state index in [0.29, 0.717) is 5.75 Å². The SMILES string of the molecule is CC(NCCS(C)=O)c1ccc(-c2ccccc2)cc1. The third-order valence-electron chi connectivity index (χ3n) is 3.36. The van der Waals surface area contributed by atoms with Crippen molar-refractivity contribution in [2.24, 2.45) is 0 Å². The molecule has 3 heteroatoms. The van der Waals surface area contributed by atoms with Crippen LogP contribution in [0.5, 0.6) is 0 Å². The van der Waals surface area contributed by atoms with E-state index in [-0.39, 0.29) is 6.04 Å². The van der Waals surface area contributed by atoms with E-state index in [2.05, 4.69) is 60.8 Å². The summed E-state index contributed by atoms with van der Waals surface area (Å²) in [7, 11) is -0.729. The van der Waals surface area contributed by atoms with Crippen LogP contribution in [0, 0.1) is 0 Å². The number of nitrogens with one attached hydrogen (secondary N) is 1. The highest BCUT2D eigenvalue weighted by molar-refractivity contribution is 7.84. The maximum atomic E-state index is 11.0. The van der Waals surface area contributed by atoms with Crippen LogP contribution in [0.4, 0.5) is 0 Å². The van der Waals surface area contributed by atoms with Crippen molar-refractivity contribution in [2.45, 2.75) is 13.0 Å². The minimum absolute atomic E-state index is 0.281. The van der Waals surface area contributed by atoms with Gasteiger partial charge in [-0.3, -0.25) is 4.21 Å². The molecule has 2 atom stereocenters. The lowest BCUT2D eigenvalue weighted by Crippen LogP contribution is -2.23. The van der Waals surface area contributed by atoms with E-state index in [4.69, 9.17) is 0 Å². The molecule has 0 amide bonds. The fourth-order valence-corrected chi connectivity index (χ4v) is 2.54. The van der Waals surface area contributed by atoms with Gasteiger partial charge in [-0.15, -0.1) is 0 Å². The molecule has 0 fully saturated rings. The third kappa shape index (κ3) is 4.29. The molecule has 2 unspecified atom stereocenters. The first-order chi connectivity index (χ1) is 9.66. The van der Waals surface area contributed by atoms with Crippen LogP contribution in [0.2, 0.25) is 0 Å². The predicted molar refractivity (Wildman–Crippen MR) is 87.2 cm³/mol. The summed E-state index contributed by atoms with van der Waals surface area (Å²) in [5.41, 5.74) is 3.73. The maximum Gasteiger partial charge on any atom is 0.0357 e. The zero-order valence-corrected chi connectivity index (χ0v) is 12.8. The van der Waals surface area contributed by atoms with Crippen LogP contribution < -0.4 is 5.32 Å². The monoisotopic (exact) mass is 287 g/mol. The lowest BCUT2D eigenvalue weighted by atomic mass is 10.0. The van der Waals surface area contributed by atoms with E-state index in [1.807, 2.05) is 6.07 Å². The van der Waals surface area contributed by atoms with Crippen LogP contribution >= 0.6 is 0 Å². The molecule has 0 spiro atoms. The number of hydrogen-bond donors (Lipinski definition) is 1. The summed E-state index contributed by atoms with van der Waals surface area (Å²) < 4.78 is 11.0. The summed E-state index contributed by atoms with van der Waals surface area (Å²) in [6.45, 7) is 2.92. The van der Waals surface area contributed by atoms with Crippen LogP contribution in [0.3, 0.4) is 0 Å². The van der Waals surface area contributed by atoms with Gasteiger partial charge in [0.1, 0.15) is 0 Å². The molecule has 0 saturated carbocycles. The van der Waals surface area contributed by atoms with Crippen molar-refractivity contribution in [1.82, 2.24) is 5.32 Å². The highest BCUT2D eigenvalue weighted by Crippen LogP contribution is 2.21. The summed E-state index contributed by atoms with van der Waals surface area (Å²) in [4.78, 5) is 0. The fourth-order valence-electron chi connectivity index (χ4n) is 2.13. The van der Waals surface area contributed by atoms with E-state index >= 15 is 0 Å². The van der Waals surface area contributed by atoms with Crippen molar-refractivity contribution in [3.05, 3.63) is 60.2 Å².